The molecule has 2 aliphatic rings. The molecule has 1 heteroatoms. The van der Waals surface area contributed by atoms with Crippen LogP contribution in [0.15, 0.2) is 170 Å². The lowest BCUT2D eigenvalue weighted by Crippen LogP contribution is -2.25. The first kappa shape index (κ1) is 28.7. The van der Waals surface area contributed by atoms with Crippen LogP contribution in [0.2, 0.25) is 0 Å². The van der Waals surface area contributed by atoms with Gasteiger partial charge in [-0.3, -0.25) is 0 Å². The van der Waals surface area contributed by atoms with Gasteiger partial charge in [0.15, 0.2) is 0 Å². The summed E-state index contributed by atoms with van der Waals surface area (Å²) in [5.74, 6) is 0. The molecule has 1 aromatic heterocycles. The fourth-order valence-corrected chi connectivity index (χ4v) is 9.28. The molecule has 48 heavy (non-hydrogen) atoms. The highest BCUT2D eigenvalue weighted by atomic mass is 32.1. The molecule has 0 nitrogen and oxygen atoms in total. The van der Waals surface area contributed by atoms with Gasteiger partial charge >= 0.3 is 0 Å². The van der Waals surface area contributed by atoms with Gasteiger partial charge in [0.25, 0.3) is 0 Å². The zero-order valence-electron chi connectivity index (χ0n) is 26.9. The molecule has 0 amide bonds. The van der Waals surface area contributed by atoms with E-state index in [0.29, 0.717) is 0 Å². The molecule has 0 fully saturated rings. The lowest BCUT2D eigenvalue weighted by atomic mass is 9.73. The third-order valence-electron chi connectivity index (χ3n) is 10.0. The van der Waals surface area contributed by atoms with Crippen LogP contribution < -0.4 is 0 Å². The van der Waals surface area contributed by atoms with Gasteiger partial charge in [-0.15, -0.1) is 11.3 Å². The summed E-state index contributed by atoms with van der Waals surface area (Å²) in [6, 6.07) is 51.8. The van der Waals surface area contributed by atoms with Crippen molar-refractivity contribution in [1.82, 2.24) is 0 Å². The Hall–Kier alpha value is -5.50. The van der Waals surface area contributed by atoms with Crippen molar-refractivity contribution in [3.63, 3.8) is 0 Å². The maximum Gasteiger partial charge on any atom is 0.0819 e. The molecule has 2 aliphatic carbocycles. The van der Waals surface area contributed by atoms with Crippen molar-refractivity contribution in [2.24, 2.45) is 0 Å². The Morgan fingerprint density at radius 1 is 0.562 bits per heavy atom. The Balaban J connectivity index is 1.19. The standard InChI is InChI=1S/C47H34S/c1-32-22-25-35(26-23-32)36-27-29-39-43(31-36)47(46-45(39)40-19-11-13-21-44(40)48-46)41-20-12-10-18-37(41)38-28-24-34(30-42(38)47)17-7-4-2-3-6-14-33-15-8-5-9-16-33/h2-13,15-31H,14H2,1H3/b4-2-,6-3+,17-7-. The molecule has 1 atom stereocenters. The maximum absolute atomic E-state index is 2.49. The molecular formula is C47H34S. The summed E-state index contributed by atoms with van der Waals surface area (Å²) in [4.78, 5) is 1.44. The number of benzene rings is 6. The second-order valence-corrected chi connectivity index (χ2v) is 13.9. The third kappa shape index (κ3) is 4.50. The number of thiophene rings is 1. The zero-order chi connectivity index (χ0) is 32.1. The minimum Gasteiger partial charge on any atom is -0.138 e. The van der Waals surface area contributed by atoms with Crippen molar-refractivity contribution in [2.45, 2.75) is 18.8 Å². The van der Waals surface area contributed by atoms with E-state index in [1.54, 1.807) is 0 Å². The molecule has 1 heterocycles. The van der Waals surface area contributed by atoms with Crippen LogP contribution in [-0.4, -0.2) is 0 Å². The van der Waals surface area contributed by atoms with Gasteiger partial charge in [0.1, 0.15) is 0 Å². The van der Waals surface area contributed by atoms with Crippen LogP contribution in [0.1, 0.15) is 38.3 Å². The summed E-state index contributed by atoms with van der Waals surface area (Å²) in [5, 5.41) is 1.35. The van der Waals surface area contributed by atoms with Crippen molar-refractivity contribution >= 4 is 27.5 Å². The normalized spacial score (nSPS) is 15.9. The minimum atomic E-state index is -0.374. The fourth-order valence-electron chi connectivity index (χ4n) is 7.82. The highest BCUT2D eigenvalue weighted by Gasteiger charge is 2.53. The van der Waals surface area contributed by atoms with Gasteiger partial charge in [-0.2, -0.15) is 0 Å². The molecule has 1 unspecified atom stereocenters. The second-order valence-electron chi connectivity index (χ2n) is 12.9. The van der Waals surface area contributed by atoms with E-state index in [2.05, 4.69) is 183 Å². The first-order valence-electron chi connectivity index (χ1n) is 16.7. The highest BCUT2D eigenvalue weighted by molar-refractivity contribution is 7.20. The van der Waals surface area contributed by atoms with Crippen LogP contribution in [0.4, 0.5) is 0 Å². The largest absolute Gasteiger partial charge is 0.138 e. The predicted octanol–water partition coefficient (Wildman–Crippen LogP) is 12.6. The third-order valence-corrected chi connectivity index (χ3v) is 11.3. The van der Waals surface area contributed by atoms with Crippen LogP contribution in [0.3, 0.4) is 0 Å². The molecule has 1 spiro atoms. The van der Waals surface area contributed by atoms with Gasteiger partial charge in [0, 0.05) is 20.5 Å². The van der Waals surface area contributed by atoms with Gasteiger partial charge in [0.05, 0.1) is 5.41 Å². The Morgan fingerprint density at radius 2 is 1.27 bits per heavy atom. The Labute approximate surface area is 286 Å². The van der Waals surface area contributed by atoms with E-state index in [1.807, 2.05) is 11.3 Å². The molecule has 9 rings (SSSR count). The van der Waals surface area contributed by atoms with Crippen LogP contribution in [0.5, 0.6) is 0 Å². The topological polar surface area (TPSA) is 0 Å². The lowest BCUT2D eigenvalue weighted by Gasteiger charge is -2.30. The van der Waals surface area contributed by atoms with E-state index in [-0.39, 0.29) is 5.41 Å². The minimum absolute atomic E-state index is 0.374. The second kappa shape index (κ2) is 11.6. The zero-order valence-corrected chi connectivity index (χ0v) is 27.7. The van der Waals surface area contributed by atoms with Crippen molar-refractivity contribution in [3.8, 4) is 33.4 Å². The molecule has 0 N–H and O–H groups in total. The van der Waals surface area contributed by atoms with Crippen LogP contribution >= 0.6 is 11.3 Å². The smallest absolute Gasteiger partial charge is 0.0819 e. The van der Waals surface area contributed by atoms with E-state index in [0.717, 1.165) is 6.42 Å². The molecule has 7 aromatic rings. The SMILES string of the molecule is Cc1ccc(-c2ccc3c(c2)C2(c4ccccc4-c4ccc(\C=C/C=C\C=C\Cc5ccccc5)cc42)c2sc4ccccc4c2-3)cc1. The van der Waals surface area contributed by atoms with Gasteiger partial charge in [0.2, 0.25) is 0 Å². The summed E-state index contributed by atoms with van der Waals surface area (Å²) in [6.45, 7) is 2.15. The van der Waals surface area contributed by atoms with Gasteiger partial charge in [-0.05, 0) is 87.2 Å². The summed E-state index contributed by atoms with van der Waals surface area (Å²) in [7, 11) is 0. The summed E-state index contributed by atoms with van der Waals surface area (Å²) < 4.78 is 1.35. The average molecular weight is 631 g/mol. The molecule has 0 saturated carbocycles. The van der Waals surface area contributed by atoms with E-state index >= 15 is 0 Å². The molecule has 0 saturated heterocycles. The summed E-state index contributed by atoms with van der Waals surface area (Å²) in [6.07, 6.45) is 13.9. The molecular weight excluding hydrogens is 597 g/mol. The van der Waals surface area contributed by atoms with E-state index < -0.39 is 0 Å². The van der Waals surface area contributed by atoms with Gasteiger partial charge in [-0.1, -0.05) is 163 Å². The van der Waals surface area contributed by atoms with Gasteiger partial charge < -0.3 is 0 Å². The Kier molecular flexibility index (Phi) is 6.95. The van der Waals surface area contributed by atoms with Crippen LogP contribution in [0, 0.1) is 6.92 Å². The van der Waals surface area contributed by atoms with Crippen LogP contribution in [-0.2, 0) is 11.8 Å². The van der Waals surface area contributed by atoms with Crippen LogP contribution in [0.25, 0.3) is 49.5 Å². The fraction of sp³-hybridized carbons (Fsp3) is 0.0638. The maximum atomic E-state index is 2.49. The number of aryl methyl sites for hydroxylation is 1. The van der Waals surface area contributed by atoms with E-state index in [9.17, 15) is 0 Å². The van der Waals surface area contributed by atoms with Crippen molar-refractivity contribution in [3.05, 3.63) is 208 Å². The first-order chi connectivity index (χ1) is 23.7. The molecule has 0 bridgehead atoms. The number of rotatable bonds is 6. The van der Waals surface area contributed by atoms with Gasteiger partial charge in [-0.25, -0.2) is 0 Å². The number of fused-ring (bicyclic) bond motifs is 12. The quantitative estimate of drug-likeness (QED) is 0.160. The van der Waals surface area contributed by atoms with Crippen molar-refractivity contribution < 1.29 is 0 Å². The highest BCUT2D eigenvalue weighted by Crippen LogP contribution is 2.66. The molecule has 0 radical (unpaired) electrons. The van der Waals surface area contributed by atoms with Crippen molar-refractivity contribution in [2.75, 3.05) is 0 Å². The summed E-state index contributed by atoms with van der Waals surface area (Å²) >= 11 is 1.97. The van der Waals surface area contributed by atoms with E-state index in [4.69, 9.17) is 0 Å². The molecule has 228 valence electrons. The Morgan fingerprint density at radius 3 is 2.17 bits per heavy atom. The monoisotopic (exact) mass is 630 g/mol. The lowest BCUT2D eigenvalue weighted by molar-refractivity contribution is 0.811. The number of allylic oxidation sites excluding steroid dienone is 5. The van der Waals surface area contributed by atoms with E-state index in [1.165, 1.54) is 81.7 Å². The number of hydrogen-bond acceptors (Lipinski definition) is 1. The first-order valence-corrected chi connectivity index (χ1v) is 17.6. The predicted molar refractivity (Wildman–Crippen MR) is 206 cm³/mol. The van der Waals surface area contributed by atoms with Crippen molar-refractivity contribution in [1.29, 1.82) is 0 Å². The molecule has 6 aromatic carbocycles. The Bertz CT molecular complexity index is 2420. The number of hydrogen-bond donors (Lipinski definition) is 0. The summed E-state index contributed by atoms with van der Waals surface area (Å²) in [5.41, 5.74) is 15.5. The average Bonchev–Trinajstić information content (AvgIpc) is 3.75. The molecule has 0 aliphatic heterocycles.